The lowest BCUT2D eigenvalue weighted by molar-refractivity contribution is -0.142. The summed E-state index contributed by atoms with van der Waals surface area (Å²) in [6, 6.07) is 6.86. The lowest BCUT2D eigenvalue weighted by Gasteiger charge is -2.07. The lowest BCUT2D eigenvalue weighted by atomic mass is 10.0. The van der Waals surface area contributed by atoms with Gasteiger partial charge in [0.05, 0.1) is 18.2 Å². The van der Waals surface area contributed by atoms with Crippen LogP contribution < -0.4 is 5.73 Å². The molecular formula is C13H13N3O2. The van der Waals surface area contributed by atoms with Crippen molar-refractivity contribution in [2.75, 3.05) is 7.11 Å². The third-order valence-electron chi connectivity index (χ3n) is 2.87. The van der Waals surface area contributed by atoms with Crippen LogP contribution in [0.15, 0.2) is 24.4 Å². The van der Waals surface area contributed by atoms with E-state index in [4.69, 9.17) is 11.0 Å². The molecule has 0 aliphatic rings. The number of H-pyrrole nitrogens is 1. The molecule has 1 heterocycles. The van der Waals surface area contributed by atoms with Gasteiger partial charge in [0.25, 0.3) is 0 Å². The Morgan fingerprint density at radius 1 is 1.61 bits per heavy atom. The number of benzene rings is 1. The minimum absolute atomic E-state index is 0.377. The van der Waals surface area contributed by atoms with Crippen LogP contribution in [-0.2, 0) is 16.0 Å². The molecule has 0 fully saturated rings. The molecule has 3 N–H and O–H groups in total. The SMILES string of the molecule is COC(=O)C(N)Cc1c[nH]c2c(C#N)cccc12. The van der Waals surface area contributed by atoms with E-state index in [-0.39, 0.29) is 0 Å². The van der Waals surface area contributed by atoms with E-state index in [0.29, 0.717) is 12.0 Å². The molecule has 92 valence electrons. The Kier molecular flexibility index (Phi) is 3.31. The molecule has 5 nitrogen and oxygen atoms in total. The number of hydrogen-bond donors (Lipinski definition) is 2. The highest BCUT2D eigenvalue weighted by atomic mass is 16.5. The van der Waals surface area contributed by atoms with E-state index in [1.165, 1.54) is 7.11 Å². The smallest absolute Gasteiger partial charge is 0.322 e. The van der Waals surface area contributed by atoms with Crippen LogP contribution >= 0.6 is 0 Å². The fraction of sp³-hybridized carbons (Fsp3) is 0.231. The third kappa shape index (κ3) is 2.06. The van der Waals surface area contributed by atoms with Crippen LogP contribution in [0, 0.1) is 11.3 Å². The largest absolute Gasteiger partial charge is 0.468 e. The van der Waals surface area contributed by atoms with Crippen molar-refractivity contribution >= 4 is 16.9 Å². The number of methoxy groups -OCH3 is 1. The van der Waals surface area contributed by atoms with E-state index in [0.717, 1.165) is 16.5 Å². The van der Waals surface area contributed by atoms with Crippen molar-refractivity contribution in [3.8, 4) is 6.07 Å². The molecule has 1 unspecified atom stereocenters. The minimum atomic E-state index is -0.695. The molecule has 5 heteroatoms. The van der Waals surface area contributed by atoms with Crippen LogP contribution in [-0.4, -0.2) is 24.1 Å². The monoisotopic (exact) mass is 243 g/mol. The molecule has 2 rings (SSSR count). The number of nitrogens with one attached hydrogen (secondary N) is 1. The summed E-state index contributed by atoms with van der Waals surface area (Å²) in [5.74, 6) is -0.444. The number of nitrogens with two attached hydrogens (primary N) is 1. The van der Waals surface area contributed by atoms with Gasteiger partial charge in [-0.25, -0.2) is 0 Å². The molecule has 1 aromatic heterocycles. The van der Waals surface area contributed by atoms with E-state index in [1.54, 1.807) is 12.3 Å². The molecule has 0 radical (unpaired) electrons. The zero-order chi connectivity index (χ0) is 13.1. The second-order valence-corrected chi connectivity index (χ2v) is 3.99. The van der Waals surface area contributed by atoms with Gasteiger partial charge in [-0.3, -0.25) is 4.79 Å². The molecule has 18 heavy (non-hydrogen) atoms. The highest BCUT2D eigenvalue weighted by Gasteiger charge is 2.17. The van der Waals surface area contributed by atoms with Gasteiger partial charge in [-0.1, -0.05) is 12.1 Å². The molecule has 0 amide bonds. The van der Waals surface area contributed by atoms with E-state index >= 15 is 0 Å². The van der Waals surface area contributed by atoms with E-state index in [9.17, 15) is 4.79 Å². The fourth-order valence-electron chi connectivity index (χ4n) is 1.95. The molecule has 1 aromatic carbocycles. The first kappa shape index (κ1) is 12.1. The number of fused-ring (bicyclic) bond motifs is 1. The first-order valence-electron chi connectivity index (χ1n) is 5.50. The summed E-state index contributed by atoms with van der Waals surface area (Å²) >= 11 is 0. The number of carbonyl (C=O) groups is 1. The van der Waals surface area contributed by atoms with Crippen LogP contribution in [0.5, 0.6) is 0 Å². The highest BCUT2D eigenvalue weighted by molar-refractivity contribution is 5.88. The number of aromatic amines is 1. The molecule has 0 aliphatic heterocycles. The summed E-state index contributed by atoms with van der Waals surface area (Å²) in [6.07, 6.45) is 2.15. The first-order chi connectivity index (χ1) is 8.67. The van der Waals surface area contributed by atoms with Gasteiger partial charge in [0.1, 0.15) is 12.1 Å². The Bertz CT molecular complexity index is 625. The van der Waals surface area contributed by atoms with Crippen LogP contribution in [0.25, 0.3) is 10.9 Å². The number of esters is 1. The Morgan fingerprint density at radius 3 is 3.06 bits per heavy atom. The van der Waals surface area contributed by atoms with Gasteiger partial charge in [-0.2, -0.15) is 5.26 Å². The predicted octanol–water partition coefficient (Wildman–Crippen LogP) is 1.08. The quantitative estimate of drug-likeness (QED) is 0.789. The van der Waals surface area contributed by atoms with Gasteiger partial charge in [-0.15, -0.1) is 0 Å². The highest BCUT2D eigenvalue weighted by Crippen LogP contribution is 2.22. The molecule has 0 saturated heterocycles. The van der Waals surface area contributed by atoms with Crippen molar-refractivity contribution in [3.63, 3.8) is 0 Å². The molecule has 0 aliphatic carbocycles. The fourth-order valence-corrected chi connectivity index (χ4v) is 1.95. The summed E-state index contributed by atoms with van der Waals surface area (Å²) in [6.45, 7) is 0. The summed E-state index contributed by atoms with van der Waals surface area (Å²) < 4.78 is 4.59. The van der Waals surface area contributed by atoms with Gasteiger partial charge in [0.15, 0.2) is 0 Å². The number of nitriles is 1. The van der Waals surface area contributed by atoms with Crippen molar-refractivity contribution in [2.24, 2.45) is 5.73 Å². The number of carbonyl (C=O) groups excluding carboxylic acids is 1. The van der Waals surface area contributed by atoms with Crippen molar-refractivity contribution < 1.29 is 9.53 Å². The summed E-state index contributed by atoms with van der Waals surface area (Å²) in [5, 5.41) is 9.89. The first-order valence-corrected chi connectivity index (χ1v) is 5.50. The minimum Gasteiger partial charge on any atom is -0.468 e. The van der Waals surface area contributed by atoms with Crippen molar-refractivity contribution in [1.29, 1.82) is 5.26 Å². The number of rotatable bonds is 3. The van der Waals surface area contributed by atoms with Crippen molar-refractivity contribution in [1.82, 2.24) is 4.98 Å². The van der Waals surface area contributed by atoms with Gasteiger partial charge in [0.2, 0.25) is 0 Å². The Morgan fingerprint density at radius 2 is 2.39 bits per heavy atom. The second kappa shape index (κ2) is 4.90. The molecule has 2 aromatic rings. The second-order valence-electron chi connectivity index (χ2n) is 3.99. The average Bonchev–Trinajstić information content (AvgIpc) is 2.81. The lowest BCUT2D eigenvalue weighted by Crippen LogP contribution is -2.33. The predicted molar refractivity (Wildman–Crippen MR) is 66.7 cm³/mol. The summed E-state index contributed by atoms with van der Waals surface area (Å²) in [7, 11) is 1.31. The Hall–Kier alpha value is -2.32. The number of ether oxygens (including phenoxy) is 1. The number of nitrogens with zero attached hydrogens (tertiary/aromatic N) is 1. The number of para-hydroxylation sites is 1. The summed E-state index contributed by atoms with van der Waals surface area (Å²) in [5.41, 5.74) is 7.97. The van der Waals surface area contributed by atoms with E-state index in [1.807, 2.05) is 12.1 Å². The topological polar surface area (TPSA) is 91.9 Å². The van der Waals surface area contributed by atoms with Gasteiger partial charge in [-0.05, 0) is 11.6 Å². The molecule has 1 atom stereocenters. The van der Waals surface area contributed by atoms with E-state index < -0.39 is 12.0 Å². The number of aromatic nitrogens is 1. The van der Waals surface area contributed by atoms with Crippen molar-refractivity contribution in [3.05, 3.63) is 35.5 Å². The van der Waals surface area contributed by atoms with Crippen LogP contribution in [0.2, 0.25) is 0 Å². The van der Waals surface area contributed by atoms with Crippen LogP contribution in [0.1, 0.15) is 11.1 Å². The van der Waals surface area contributed by atoms with E-state index in [2.05, 4.69) is 15.8 Å². The molecular weight excluding hydrogens is 230 g/mol. The normalized spacial score (nSPS) is 12.1. The van der Waals surface area contributed by atoms with Gasteiger partial charge < -0.3 is 15.5 Å². The number of hydrogen-bond acceptors (Lipinski definition) is 4. The average molecular weight is 243 g/mol. The van der Waals surface area contributed by atoms with Crippen molar-refractivity contribution in [2.45, 2.75) is 12.5 Å². The molecule has 0 saturated carbocycles. The molecule has 0 spiro atoms. The Balaban J connectivity index is 2.36. The standard InChI is InChI=1S/C13H13N3O2/c1-18-13(17)11(15)5-9-7-16-12-8(6-14)3-2-4-10(9)12/h2-4,7,11,16H,5,15H2,1H3. The molecule has 0 bridgehead atoms. The zero-order valence-electron chi connectivity index (χ0n) is 9.93. The Labute approximate surface area is 104 Å². The third-order valence-corrected chi connectivity index (χ3v) is 2.87. The maximum atomic E-state index is 11.3. The zero-order valence-corrected chi connectivity index (χ0v) is 9.93. The van der Waals surface area contributed by atoms with Crippen LogP contribution in [0.3, 0.4) is 0 Å². The maximum Gasteiger partial charge on any atom is 0.322 e. The van der Waals surface area contributed by atoms with Gasteiger partial charge >= 0.3 is 5.97 Å². The summed E-state index contributed by atoms with van der Waals surface area (Å²) in [4.78, 5) is 14.3. The van der Waals surface area contributed by atoms with Crippen LogP contribution in [0.4, 0.5) is 0 Å². The van der Waals surface area contributed by atoms with Gasteiger partial charge in [0, 0.05) is 18.0 Å². The maximum absolute atomic E-state index is 11.3.